The minimum Gasteiger partial charge on any atom is -0.344 e. The van der Waals surface area contributed by atoms with Gasteiger partial charge in [-0.2, -0.15) is 0 Å². The van der Waals surface area contributed by atoms with Crippen molar-refractivity contribution in [2.45, 2.75) is 65.3 Å². The zero-order chi connectivity index (χ0) is 20.1. The predicted molar refractivity (Wildman–Crippen MR) is 106 cm³/mol. The average molecular weight is 390 g/mol. The second-order valence-electron chi connectivity index (χ2n) is 10.2. The van der Waals surface area contributed by atoms with Crippen molar-refractivity contribution in [1.82, 2.24) is 15.1 Å². The van der Waals surface area contributed by atoms with Gasteiger partial charge in [0.25, 0.3) is 0 Å². The molecule has 6 heteroatoms. The van der Waals surface area contributed by atoms with Gasteiger partial charge in [0.2, 0.25) is 17.7 Å². The second-order valence-corrected chi connectivity index (χ2v) is 10.2. The van der Waals surface area contributed by atoms with Gasteiger partial charge in [0, 0.05) is 38.5 Å². The Hall–Kier alpha value is -1.59. The van der Waals surface area contributed by atoms with E-state index >= 15 is 0 Å². The highest BCUT2D eigenvalue weighted by atomic mass is 16.2. The monoisotopic (exact) mass is 389 g/mol. The molecule has 0 aromatic carbocycles. The van der Waals surface area contributed by atoms with Gasteiger partial charge in [0.15, 0.2) is 0 Å². The summed E-state index contributed by atoms with van der Waals surface area (Å²) in [4.78, 5) is 41.7. The summed E-state index contributed by atoms with van der Waals surface area (Å²) in [7, 11) is 0. The molecule has 5 aliphatic rings. The first-order valence-corrected chi connectivity index (χ1v) is 11.1. The Labute approximate surface area is 168 Å². The molecule has 1 aliphatic heterocycles. The Bertz CT molecular complexity index is 616. The quantitative estimate of drug-likeness (QED) is 0.800. The molecule has 4 bridgehead atoms. The number of nitrogens with zero attached hydrogens (tertiary/aromatic N) is 2. The fraction of sp³-hybridized carbons (Fsp3) is 0.864. The molecule has 4 saturated carbocycles. The number of piperazine rings is 1. The molecule has 1 saturated heterocycles. The summed E-state index contributed by atoms with van der Waals surface area (Å²) in [6.45, 7) is 7.84. The first-order chi connectivity index (χ1) is 13.3. The van der Waals surface area contributed by atoms with Gasteiger partial charge in [0.1, 0.15) is 6.04 Å². The highest BCUT2D eigenvalue weighted by Crippen LogP contribution is 2.60. The van der Waals surface area contributed by atoms with Crippen LogP contribution in [0.1, 0.15) is 59.3 Å². The van der Waals surface area contributed by atoms with Gasteiger partial charge in [-0.3, -0.25) is 14.4 Å². The van der Waals surface area contributed by atoms with Crippen LogP contribution in [0.15, 0.2) is 0 Å². The lowest BCUT2D eigenvalue weighted by molar-refractivity contribution is -0.151. The van der Waals surface area contributed by atoms with E-state index in [1.165, 1.54) is 19.3 Å². The molecule has 3 amide bonds. The largest absolute Gasteiger partial charge is 0.344 e. The van der Waals surface area contributed by atoms with Crippen LogP contribution >= 0.6 is 0 Å². The molecule has 1 N–H and O–H groups in total. The lowest BCUT2D eigenvalue weighted by Gasteiger charge is -2.56. The van der Waals surface area contributed by atoms with E-state index < -0.39 is 6.04 Å². The number of nitrogens with one attached hydrogen (secondary N) is 1. The summed E-state index contributed by atoms with van der Waals surface area (Å²) in [6, 6.07) is -0.468. The predicted octanol–water partition coefficient (Wildman–Crippen LogP) is 2.03. The molecular weight excluding hydrogens is 354 g/mol. The number of rotatable bonds is 4. The minimum atomic E-state index is -0.468. The number of carbonyl (C=O) groups excluding carboxylic acids is 3. The summed E-state index contributed by atoms with van der Waals surface area (Å²) < 4.78 is 0. The Morgan fingerprint density at radius 3 is 1.75 bits per heavy atom. The van der Waals surface area contributed by atoms with Crippen molar-refractivity contribution in [3.8, 4) is 0 Å². The first-order valence-electron chi connectivity index (χ1n) is 11.1. The van der Waals surface area contributed by atoms with Gasteiger partial charge in [-0.05, 0) is 62.2 Å². The van der Waals surface area contributed by atoms with Crippen LogP contribution in [0.5, 0.6) is 0 Å². The van der Waals surface area contributed by atoms with Gasteiger partial charge in [-0.25, -0.2) is 0 Å². The maximum absolute atomic E-state index is 13.4. The smallest absolute Gasteiger partial charge is 0.245 e. The Balaban J connectivity index is 1.42. The van der Waals surface area contributed by atoms with E-state index in [4.69, 9.17) is 0 Å². The number of hydrogen-bond donors (Lipinski definition) is 1. The van der Waals surface area contributed by atoms with Crippen molar-refractivity contribution in [1.29, 1.82) is 0 Å². The lowest BCUT2D eigenvalue weighted by atomic mass is 9.49. The summed E-state index contributed by atoms with van der Waals surface area (Å²) in [5.41, 5.74) is -0.227. The average Bonchev–Trinajstić information content (AvgIpc) is 2.64. The highest BCUT2D eigenvalue weighted by molar-refractivity contribution is 5.90. The summed E-state index contributed by atoms with van der Waals surface area (Å²) >= 11 is 0. The minimum absolute atomic E-state index is 0.0104. The van der Waals surface area contributed by atoms with Crippen molar-refractivity contribution >= 4 is 17.7 Å². The normalized spacial score (nSPS) is 35.2. The third-order valence-electron chi connectivity index (χ3n) is 7.78. The fourth-order valence-electron chi connectivity index (χ4n) is 6.64. The fourth-order valence-corrected chi connectivity index (χ4v) is 6.64. The zero-order valence-corrected chi connectivity index (χ0v) is 17.6. The Morgan fingerprint density at radius 2 is 1.32 bits per heavy atom. The zero-order valence-electron chi connectivity index (χ0n) is 17.6. The Morgan fingerprint density at radius 1 is 0.857 bits per heavy atom. The molecule has 0 unspecified atom stereocenters. The molecule has 1 atom stereocenters. The molecular formula is C22H35N3O3. The van der Waals surface area contributed by atoms with Gasteiger partial charge in [-0.1, -0.05) is 13.8 Å². The van der Waals surface area contributed by atoms with Crippen LogP contribution in [0, 0.1) is 29.1 Å². The third-order valence-corrected chi connectivity index (χ3v) is 7.78. The van der Waals surface area contributed by atoms with E-state index in [1.54, 1.807) is 11.8 Å². The van der Waals surface area contributed by atoms with E-state index in [0.717, 1.165) is 19.3 Å². The molecule has 1 heterocycles. The summed E-state index contributed by atoms with van der Waals surface area (Å²) in [5.74, 6) is 2.38. The van der Waals surface area contributed by atoms with E-state index in [2.05, 4.69) is 5.32 Å². The molecule has 0 spiro atoms. The molecule has 6 nitrogen and oxygen atoms in total. The molecule has 5 rings (SSSR count). The van der Waals surface area contributed by atoms with Crippen molar-refractivity contribution in [2.75, 3.05) is 26.2 Å². The Kier molecular flexibility index (Phi) is 5.17. The first kappa shape index (κ1) is 19.7. The molecule has 156 valence electrons. The van der Waals surface area contributed by atoms with Gasteiger partial charge in [0.05, 0.1) is 0 Å². The van der Waals surface area contributed by atoms with Crippen LogP contribution in [0.2, 0.25) is 0 Å². The van der Waals surface area contributed by atoms with Crippen LogP contribution in [0.25, 0.3) is 0 Å². The van der Waals surface area contributed by atoms with Crippen molar-refractivity contribution < 1.29 is 14.4 Å². The molecule has 0 radical (unpaired) electrons. The van der Waals surface area contributed by atoms with E-state index in [0.29, 0.717) is 43.9 Å². The second kappa shape index (κ2) is 7.34. The molecule has 0 aromatic rings. The van der Waals surface area contributed by atoms with E-state index in [-0.39, 0.29) is 29.1 Å². The topological polar surface area (TPSA) is 69.7 Å². The van der Waals surface area contributed by atoms with Crippen LogP contribution in [0.4, 0.5) is 0 Å². The van der Waals surface area contributed by atoms with E-state index in [1.807, 2.05) is 18.7 Å². The maximum Gasteiger partial charge on any atom is 0.245 e. The summed E-state index contributed by atoms with van der Waals surface area (Å²) in [5, 5.41) is 3.19. The molecule has 28 heavy (non-hydrogen) atoms. The lowest BCUT2D eigenvalue weighted by Crippen LogP contribution is -2.60. The van der Waals surface area contributed by atoms with Gasteiger partial charge >= 0.3 is 0 Å². The van der Waals surface area contributed by atoms with E-state index in [9.17, 15) is 14.4 Å². The van der Waals surface area contributed by atoms with Gasteiger partial charge in [-0.15, -0.1) is 0 Å². The van der Waals surface area contributed by atoms with Gasteiger partial charge < -0.3 is 15.1 Å². The van der Waals surface area contributed by atoms with Crippen molar-refractivity contribution in [3.05, 3.63) is 0 Å². The number of amides is 3. The number of carbonyl (C=O) groups is 3. The standard InChI is InChI=1S/C22H35N3O3/c1-14(2)19(20(27)25-6-4-24(5-7-25)15(3)26)23-21(28)22-11-16-8-17(12-22)10-18(9-16)13-22/h14,16-19H,4-13H2,1-3H3,(H,23,28)/t16?,17?,18?,19-,22?/m0/s1. The summed E-state index contributed by atoms with van der Waals surface area (Å²) in [6.07, 6.45) is 6.96. The SMILES string of the molecule is CC(=O)N1CCN(C(=O)[C@@H](NC(=O)C23CC4CC(CC(C4)C2)C3)C(C)C)CC1. The highest BCUT2D eigenvalue weighted by Gasteiger charge is 2.55. The van der Waals surface area contributed by atoms with Crippen LogP contribution in [-0.4, -0.2) is 59.7 Å². The maximum atomic E-state index is 13.4. The van der Waals surface area contributed by atoms with Crippen molar-refractivity contribution in [2.24, 2.45) is 29.1 Å². The van der Waals surface area contributed by atoms with Crippen LogP contribution < -0.4 is 5.32 Å². The van der Waals surface area contributed by atoms with Crippen LogP contribution in [-0.2, 0) is 14.4 Å². The number of hydrogen-bond acceptors (Lipinski definition) is 3. The van der Waals surface area contributed by atoms with Crippen molar-refractivity contribution in [3.63, 3.8) is 0 Å². The van der Waals surface area contributed by atoms with Crippen LogP contribution in [0.3, 0.4) is 0 Å². The molecule has 5 fully saturated rings. The third kappa shape index (κ3) is 3.55. The molecule has 0 aromatic heterocycles. The molecule has 4 aliphatic carbocycles.